The number of rotatable bonds is 5. The Morgan fingerprint density at radius 3 is 2.55 bits per heavy atom. The van der Waals surface area contributed by atoms with Gasteiger partial charge in [-0.1, -0.05) is 12.1 Å². The van der Waals surface area contributed by atoms with Crippen LogP contribution in [-0.2, 0) is 10.2 Å². The highest BCUT2D eigenvalue weighted by molar-refractivity contribution is 6.01. The molecule has 1 aromatic carbocycles. The Kier molecular flexibility index (Phi) is 4.47. The Balaban J connectivity index is 1.52. The number of nitriles is 2. The molecule has 2 aliphatic rings. The molecule has 1 amide bonds. The molecule has 2 heterocycles. The highest BCUT2D eigenvalue weighted by Gasteiger charge is 2.57. The number of carbonyl (C=O) groups is 1. The van der Waals surface area contributed by atoms with Gasteiger partial charge in [-0.15, -0.1) is 0 Å². The molecule has 1 saturated heterocycles. The lowest BCUT2D eigenvalue weighted by Crippen LogP contribution is -2.35. The minimum Gasteiger partial charge on any atom is -0.324 e. The first kappa shape index (κ1) is 18.9. The van der Waals surface area contributed by atoms with Crippen LogP contribution in [-0.4, -0.2) is 22.4 Å². The molecule has 146 valence electrons. The number of amides is 1. The Morgan fingerprint density at radius 2 is 1.93 bits per heavy atom. The van der Waals surface area contributed by atoms with Gasteiger partial charge in [0.25, 0.3) is 0 Å². The third kappa shape index (κ3) is 3.30. The fourth-order valence-corrected chi connectivity index (χ4v) is 3.83. The number of nitrogens with zero attached hydrogens (tertiary/aromatic N) is 5. The first-order valence-electron chi connectivity index (χ1n) is 9.75. The average Bonchev–Trinajstić information content (AvgIpc) is 3.53. The van der Waals surface area contributed by atoms with E-state index in [1.54, 1.807) is 17.2 Å². The van der Waals surface area contributed by atoms with Crippen molar-refractivity contribution in [1.82, 2.24) is 9.97 Å². The summed E-state index contributed by atoms with van der Waals surface area (Å²) in [5, 5.41) is 22.0. The first-order valence-corrected chi connectivity index (χ1v) is 9.75. The molecule has 0 spiro atoms. The number of benzene rings is 1. The quantitative estimate of drug-likeness (QED) is 0.840. The van der Waals surface area contributed by atoms with Crippen molar-refractivity contribution < 1.29 is 4.79 Å². The van der Waals surface area contributed by atoms with E-state index in [1.165, 1.54) is 0 Å². The molecular weight excluding hydrogens is 364 g/mol. The minimum absolute atomic E-state index is 0.143. The fourth-order valence-electron chi connectivity index (χ4n) is 3.83. The van der Waals surface area contributed by atoms with Gasteiger partial charge in [-0.05, 0) is 62.8 Å². The molecule has 1 atom stereocenters. The Labute approximate surface area is 170 Å². The van der Waals surface area contributed by atoms with Crippen LogP contribution in [0.4, 0.5) is 17.5 Å². The van der Waals surface area contributed by atoms with Crippen molar-refractivity contribution >= 4 is 23.4 Å². The van der Waals surface area contributed by atoms with E-state index >= 15 is 0 Å². The van der Waals surface area contributed by atoms with Gasteiger partial charge >= 0.3 is 0 Å². The Bertz CT molecular complexity index is 1030. The van der Waals surface area contributed by atoms with Crippen LogP contribution in [0.5, 0.6) is 0 Å². The molecule has 0 radical (unpaired) electrons. The van der Waals surface area contributed by atoms with Gasteiger partial charge in [0, 0.05) is 18.4 Å². The first-order chi connectivity index (χ1) is 13.9. The molecule has 4 rings (SSSR count). The van der Waals surface area contributed by atoms with Crippen LogP contribution in [0.15, 0.2) is 36.5 Å². The van der Waals surface area contributed by atoms with Crippen molar-refractivity contribution in [2.45, 2.75) is 38.5 Å². The lowest BCUT2D eigenvalue weighted by molar-refractivity contribution is -0.123. The van der Waals surface area contributed by atoms with Gasteiger partial charge < -0.3 is 5.32 Å². The van der Waals surface area contributed by atoms with Crippen LogP contribution in [0.2, 0.25) is 0 Å². The van der Waals surface area contributed by atoms with Crippen LogP contribution in [0.25, 0.3) is 0 Å². The van der Waals surface area contributed by atoms with E-state index in [0.29, 0.717) is 24.7 Å². The van der Waals surface area contributed by atoms with E-state index < -0.39 is 10.8 Å². The number of carbonyl (C=O) groups excluding carboxylic acids is 1. The van der Waals surface area contributed by atoms with Gasteiger partial charge in [0.05, 0.1) is 17.6 Å². The number of hydrogen-bond acceptors (Lipinski definition) is 6. The predicted octanol–water partition coefficient (Wildman–Crippen LogP) is 3.68. The molecule has 7 heteroatoms. The molecule has 2 aromatic rings. The van der Waals surface area contributed by atoms with Crippen LogP contribution >= 0.6 is 0 Å². The van der Waals surface area contributed by atoms with Crippen LogP contribution in [0, 0.1) is 34.0 Å². The number of aromatic nitrogens is 2. The fraction of sp³-hybridized carbons (Fsp3) is 0.409. The lowest BCUT2D eigenvalue weighted by Gasteiger charge is -2.20. The van der Waals surface area contributed by atoms with Gasteiger partial charge in [-0.2, -0.15) is 15.5 Å². The number of hydrogen-bond donors (Lipinski definition) is 1. The molecule has 0 bridgehead atoms. The molecule has 1 aliphatic carbocycles. The van der Waals surface area contributed by atoms with Crippen LogP contribution < -0.4 is 10.2 Å². The van der Waals surface area contributed by atoms with Crippen LogP contribution in [0.1, 0.15) is 38.7 Å². The standard InChI is InChI=1S/C22H22N6O/c1-21(2,13-23)15-5-7-17(8-6-15)26-20-25-11-9-18(27-20)28-12-10-22(14-24,19(28)29)16-3-4-16/h5-9,11,16H,3-4,10,12H2,1-2H3,(H,25,26,27)/t22-/m1/s1. The molecule has 29 heavy (non-hydrogen) atoms. The second kappa shape index (κ2) is 6.86. The summed E-state index contributed by atoms with van der Waals surface area (Å²) < 4.78 is 0. The van der Waals surface area contributed by atoms with Crippen molar-refractivity contribution in [3.63, 3.8) is 0 Å². The summed E-state index contributed by atoms with van der Waals surface area (Å²) in [6.45, 7) is 4.24. The van der Waals surface area contributed by atoms with Gasteiger partial charge in [-0.25, -0.2) is 4.98 Å². The van der Waals surface area contributed by atoms with Gasteiger partial charge in [0.1, 0.15) is 11.2 Å². The monoisotopic (exact) mass is 386 g/mol. The van der Waals surface area contributed by atoms with E-state index in [2.05, 4.69) is 27.4 Å². The zero-order valence-corrected chi connectivity index (χ0v) is 16.5. The summed E-state index contributed by atoms with van der Waals surface area (Å²) in [7, 11) is 0. The summed E-state index contributed by atoms with van der Waals surface area (Å²) in [5.74, 6) is 0.923. The number of nitrogens with one attached hydrogen (secondary N) is 1. The van der Waals surface area contributed by atoms with E-state index in [9.17, 15) is 15.3 Å². The topological polar surface area (TPSA) is 106 Å². The summed E-state index contributed by atoms with van der Waals surface area (Å²) in [5.41, 5.74) is 0.273. The SMILES string of the molecule is CC(C)(C#N)c1ccc(Nc2nccc(N3CC[C@@](C#N)(C4CC4)C3=O)n2)cc1. The maximum atomic E-state index is 13.0. The van der Waals surface area contributed by atoms with Crippen molar-refractivity contribution in [2.75, 3.05) is 16.8 Å². The van der Waals surface area contributed by atoms with Crippen molar-refractivity contribution in [3.05, 3.63) is 42.1 Å². The van der Waals surface area contributed by atoms with Crippen molar-refractivity contribution in [2.24, 2.45) is 11.3 Å². The van der Waals surface area contributed by atoms with Crippen molar-refractivity contribution in [3.8, 4) is 12.1 Å². The third-order valence-electron chi connectivity index (χ3n) is 5.89. The van der Waals surface area contributed by atoms with E-state index in [1.807, 2.05) is 38.1 Å². The molecule has 1 aliphatic heterocycles. The van der Waals surface area contributed by atoms with Gasteiger partial charge in [0.2, 0.25) is 11.9 Å². The largest absolute Gasteiger partial charge is 0.324 e. The molecule has 7 nitrogen and oxygen atoms in total. The maximum absolute atomic E-state index is 13.0. The van der Waals surface area contributed by atoms with Gasteiger partial charge in [-0.3, -0.25) is 9.69 Å². The second-order valence-corrected chi connectivity index (χ2v) is 8.24. The summed E-state index contributed by atoms with van der Waals surface area (Å²) in [6.07, 6.45) is 4.05. The maximum Gasteiger partial charge on any atom is 0.248 e. The summed E-state index contributed by atoms with van der Waals surface area (Å²) >= 11 is 0. The van der Waals surface area contributed by atoms with Gasteiger partial charge in [0.15, 0.2) is 0 Å². The zero-order valence-electron chi connectivity index (χ0n) is 16.5. The lowest BCUT2D eigenvalue weighted by atomic mass is 9.83. The highest BCUT2D eigenvalue weighted by Crippen LogP contribution is 2.51. The van der Waals surface area contributed by atoms with E-state index in [0.717, 1.165) is 24.1 Å². The number of anilines is 3. The zero-order chi connectivity index (χ0) is 20.6. The smallest absolute Gasteiger partial charge is 0.248 e. The molecule has 1 aromatic heterocycles. The Morgan fingerprint density at radius 1 is 1.21 bits per heavy atom. The van der Waals surface area contributed by atoms with E-state index in [4.69, 9.17) is 0 Å². The highest BCUT2D eigenvalue weighted by atomic mass is 16.2. The van der Waals surface area contributed by atoms with E-state index in [-0.39, 0.29) is 11.8 Å². The normalized spacial score (nSPS) is 21.5. The molecule has 1 saturated carbocycles. The summed E-state index contributed by atoms with van der Waals surface area (Å²) in [4.78, 5) is 23.3. The molecular formula is C22H22N6O. The molecule has 0 unspecified atom stereocenters. The predicted molar refractivity (Wildman–Crippen MR) is 108 cm³/mol. The average molecular weight is 386 g/mol. The third-order valence-corrected chi connectivity index (χ3v) is 5.89. The Hall–Kier alpha value is -3.45. The minimum atomic E-state index is -0.887. The molecule has 1 N–H and O–H groups in total. The van der Waals surface area contributed by atoms with Crippen LogP contribution in [0.3, 0.4) is 0 Å². The summed E-state index contributed by atoms with van der Waals surface area (Å²) in [6, 6.07) is 13.8. The second-order valence-electron chi connectivity index (χ2n) is 8.24. The molecule has 2 fully saturated rings. The van der Waals surface area contributed by atoms with Crippen molar-refractivity contribution in [1.29, 1.82) is 10.5 Å².